The van der Waals surface area contributed by atoms with Crippen LogP contribution in [0.2, 0.25) is 5.02 Å². The number of amides is 1. The number of aromatic nitrogens is 4. The van der Waals surface area contributed by atoms with Crippen molar-refractivity contribution < 1.29 is 22.4 Å². The zero-order valence-corrected chi connectivity index (χ0v) is 21.5. The van der Waals surface area contributed by atoms with Crippen LogP contribution < -0.4 is 16.4 Å². The topological polar surface area (TPSA) is 111 Å². The van der Waals surface area contributed by atoms with Gasteiger partial charge in [-0.1, -0.05) is 18.5 Å². The van der Waals surface area contributed by atoms with Gasteiger partial charge in [-0.15, -0.1) is 0 Å². The second-order valence-electron chi connectivity index (χ2n) is 10.5. The Balaban J connectivity index is 1.50. The number of carbonyl (C=O) groups excluding carboxylic acids is 1. The van der Waals surface area contributed by atoms with E-state index in [1.54, 1.807) is 4.57 Å². The highest BCUT2D eigenvalue weighted by Gasteiger charge is 2.38. The molecule has 4 N–H and O–H groups in total. The molecule has 0 bridgehead atoms. The van der Waals surface area contributed by atoms with Crippen LogP contribution >= 0.6 is 11.6 Å². The Morgan fingerprint density at radius 1 is 1.11 bits per heavy atom. The summed E-state index contributed by atoms with van der Waals surface area (Å²) in [5.41, 5.74) is 5.70. The van der Waals surface area contributed by atoms with Crippen molar-refractivity contribution in [2.45, 2.75) is 76.3 Å². The van der Waals surface area contributed by atoms with E-state index in [1.807, 2.05) is 6.92 Å². The Labute approximate surface area is 221 Å². The normalized spacial score (nSPS) is 23.9. The van der Waals surface area contributed by atoms with Crippen LogP contribution in [0, 0.1) is 17.0 Å². The summed E-state index contributed by atoms with van der Waals surface area (Å²) >= 11 is 6.13. The minimum Gasteiger partial charge on any atom is -0.369 e. The Hall–Kier alpha value is -3.15. The number of primary amides is 1. The molecule has 0 radical (unpaired) electrons. The number of nitrogens with zero attached hydrogens (tertiary/aromatic N) is 4. The average molecular weight is 554 g/mol. The van der Waals surface area contributed by atoms with Crippen molar-refractivity contribution in [3.63, 3.8) is 0 Å². The number of hydrogen-bond donors (Lipinski definition) is 3. The number of fused-ring (bicyclic) bond motifs is 1. The number of nitrogens with two attached hydrogens (primary N) is 1. The lowest BCUT2D eigenvalue weighted by atomic mass is 9.73. The van der Waals surface area contributed by atoms with E-state index < -0.39 is 23.0 Å². The fourth-order valence-electron chi connectivity index (χ4n) is 5.28. The molecule has 13 heteroatoms. The van der Waals surface area contributed by atoms with Crippen molar-refractivity contribution in [1.29, 1.82) is 0 Å². The van der Waals surface area contributed by atoms with E-state index in [2.05, 4.69) is 25.6 Å². The van der Waals surface area contributed by atoms with Crippen molar-refractivity contribution in [3.05, 3.63) is 35.0 Å². The van der Waals surface area contributed by atoms with Gasteiger partial charge in [-0.3, -0.25) is 9.36 Å². The molecule has 0 aliphatic heterocycles. The number of carbonyl (C=O) groups is 1. The van der Waals surface area contributed by atoms with Crippen LogP contribution in [-0.2, 0) is 4.79 Å². The highest BCUT2D eigenvalue weighted by atomic mass is 35.5. The fourth-order valence-corrected chi connectivity index (χ4v) is 5.52. The second kappa shape index (κ2) is 9.87. The minimum absolute atomic E-state index is 0.142. The van der Waals surface area contributed by atoms with E-state index in [1.165, 1.54) is 6.20 Å². The van der Waals surface area contributed by atoms with Gasteiger partial charge in [0, 0.05) is 36.4 Å². The van der Waals surface area contributed by atoms with Crippen molar-refractivity contribution in [2.24, 2.45) is 11.1 Å². The Morgan fingerprint density at radius 3 is 2.42 bits per heavy atom. The van der Waals surface area contributed by atoms with E-state index in [-0.39, 0.29) is 66.3 Å². The highest BCUT2D eigenvalue weighted by Crippen LogP contribution is 2.43. The monoisotopic (exact) mass is 553 g/mol. The summed E-state index contributed by atoms with van der Waals surface area (Å²) in [6.07, 6.45) is 3.88. The maximum atomic E-state index is 14.6. The van der Waals surface area contributed by atoms with Gasteiger partial charge >= 0.3 is 0 Å². The van der Waals surface area contributed by atoms with Gasteiger partial charge in [0.25, 0.3) is 0 Å². The molecule has 2 saturated carbocycles. The zero-order chi connectivity index (χ0) is 27.2. The molecular weight excluding hydrogens is 526 g/mol. The smallest absolute Gasteiger partial charge is 0.248 e. The van der Waals surface area contributed by atoms with E-state index >= 15 is 0 Å². The molecule has 3 aromatic rings. The predicted octanol–water partition coefficient (Wildman–Crippen LogP) is 6.10. The molecule has 2 aromatic heterocycles. The lowest BCUT2D eigenvalue weighted by molar-refractivity contribution is -0.128. The quantitative estimate of drug-likeness (QED) is 0.318. The number of nitrogens with one attached hydrogen (secondary N) is 2. The molecule has 2 heterocycles. The zero-order valence-electron chi connectivity index (χ0n) is 20.7. The van der Waals surface area contributed by atoms with Crippen LogP contribution in [-0.4, -0.2) is 37.4 Å². The molecule has 204 valence electrons. The van der Waals surface area contributed by atoms with Gasteiger partial charge in [0.1, 0.15) is 11.3 Å². The Kier molecular flexibility index (Phi) is 6.87. The first-order valence-corrected chi connectivity index (χ1v) is 12.9. The molecule has 1 aromatic carbocycles. The predicted molar refractivity (Wildman–Crippen MR) is 136 cm³/mol. The molecule has 2 fully saturated rings. The average Bonchev–Trinajstić information content (AvgIpc) is 3.20. The molecular formula is C25H28ClF4N7O. The van der Waals surface area contributed by atoms with Gasteiger partial charge in [-0.25, -0.2) is 27.5 Å². The molecule has 0 atom stereocenters. The Bertz CT molecular complexity index is 1340. The summed E-state index contributed by atoms with van der Waals surface area (Å²) in [4.78, 5) is 25.5. The van der Waals surface area contributed by atoms with Gasteiger partial charge < -0.3 is 16.4 Å². The molecule has 2 aliphatic carbocycles. The first-order valence-electron chi connectivity index (χ1n) is 12.5. The van der Waals surface area contributed by atoms with Gasteiger partial charge in [-0.2, -0.15) is 4.98 Å². The van der Waals surface area contributed by atoms with Gasteiger partial charge in [-0.05, 0) is 44.6 Å². The number of halogens is 5. The third-order valence-corrected chi connectivity index (χ3v) is 8.04. The standard InChI is InChI=1S/C25H28ClF4N7O/c1-24(21(31)38)6-4-15(5-7-24)37-20-18(34-23(37)35-19-16(26)10-13(27)11-17(19)28)12-32-22(36-20)33-14-2-8-25(29,30)9-3-14/h10-12,14-15H,2-9H2,1H3,(H2,31,38)(H,34,35)(H,32,33,36)/t15-,24+. The number of anilines is 3. The minimum atomic E-state index is -2.65. The van der Waals surface area contributed by atoms with Gasteiger partial charge in [0.15, 0.2) is 11.5 Å². The van der Waals surface area contributed by atoms with Gasteiger partial charge in [0.2, 0.25) is 23.7 Å². The first-order chi connectivity index (χ1) is 17.9. The molecule has 0 spiro atoms. The highest BCUT2D eigenvalue weighted by molar-refractivity contribution is 6.33. The lowest BCUT2D eigenvalue weighted by Crippen LogP contribution is -2.38. The number of benzene rings is 1. The molecule has 38 heavy (non-hydrogen) atoms. The summed E-state index contributed by atoms with van der Waals surface area (Å²) in [7, 11) is 0. The van der Waals surface area contributed by atoms with Crippen molar-refractivity contribution in [1.82, 2.24) is 19.5 Å². The van der Waals surface area contributed by atoms with Crippen LogP contribution in [0.15, 0.2) is 18.3 Å². The maximum Gasteiger partial charge on any atom is 0.248 e. The van der Waals surface area contributed by atoms with Gasteiger partial charge in [0.05, 0.1) is 16.9 Å². The molecule has 0 saturated heterocycles. The third kappa shape index (κ3) is 5.23. The number of imidazole rings is 1. The van der Waals surface area contributed by atoms with Crippen LogP contribution in [0.5, 0.6) is 0 Å². The van der Waals surface area contributed by atoms with Crippen molar-refractivity contribution >= 4 is 46.3 Å². The Morgan fingerprint density at radius 2 is 1.79 bits per heavy atom. The maximum absolute atomic E-state index is 14.6. The molecule has 5 rings (SSSR count). The summed E-state index contributed by atoms with van der Waals surface area (Å²) in [6, 6.07) is 1.34. The lowest BCUT2D eigenvalue weighted by Gasteiger charge is -2.35. The summed E-state index contributed by atoms with van der Waals surface area (Å²) in [6.45, 7) is 1.84. The summed E-state index contributed by atoms with van der Waals surface area (Å²) in [5.74, 6) is -4.22. The van der Waals surface area contributed by atoms with Crippen LogP contribution in [0.3, 0.4) is 0 Å². The van der Waals surface area contributed by atoms with E-state index in [4.69, 9.17) is 17.3 Å². The summed E-state index contributed by atoms with van der Waals surface area (Å²) in [5, 5.41) is 5.88. The molecule has 1 amide bonds. The van der Waals surface area contributed by atoms with E-state index in [9.17, 15) is 22.4 Å². The summed E-state index contributed by atoms with van der Waals surface area (Å²) < 4.78 is 57.2. The van der Waals surface area contributed by atoms with Crippen molar-refractivity contribution in [2.75, 3.05) is 10.6 Å². The van der Waals surface area contributed by atoms with Crippen LogP contribution in [0.4, 0.5) is 35.1 Å². The van der Waals surface area contributed by atoms with E-state index in [0.29, 0.717) is 36.8 Å². The largest absolute Gasteiger partial charge is 0.369 e. The van der Waals surface area contributed by atoms with Crippen molar-refractivity contribution in [3.8, 4) is 0 Å². The number of alkyl halides is 2. The fraction of sp³-hybridized carbons (Fsp3) is 0.520. The molecule has 0 unspecified atom stereocenters. The van der Waals surface area contributed by atoms with Crippen LogP contribution in [0.25, 0.3) is 11.2 Å². The number of hydrogen-bond acceptors (Lipinski definition) is 6. The first kappa shape index (κ1) is 26.5. The molecule has 8 nitrogen and oxygen atoms in total. The third-order valence-electron chi connectivity index (χ3n) is 7.75. The SMILES string of the molecule is C[C@]1(C(N)=O)CC[C@@H](n2c(Nc3c(F)cc(F)cc3Cl)nc3cnc(NC4CCC(F)(F)CC4)nc32)CC1. The van der Waals surface area contributed by atoms with E-state index in [0.717, 1.165) is 12.1 Å². The second-order valence-corrected chi connectivity index (χ2v) is 10.9. The molecule has 2 aliphatic rings. The number of rotatable bonds is 6. The van der Waals surface area contributed by atoms with Crippen LogP contribution in [0.1, 0.15) is 64.3 Å².